The standard InChI is InChI=1S/C18H18Br2O3/c1-4-7-22-16-6-5-13(19)10-15(16)18(21)23-17-11(2)8-14(20)9-12(17)3/h5-6,8-10H,4,7H2,1-3H3. The Morgan fingerprint density at radius 2 is 1.70 bits per heavy atom. The van der Waals surface area contributed by atoms with Crippen LogP contribution in [-0.4, -0.2) is 12.6 Å². The Labute approximate surface area is 153 Å². The molecule has 0 unspecified atom stereocenters. The van der Waals surface area contributed by atoms with Crippen LogP contribution in [0.4, 0.5) is 0 Å². The van der Waals surface area contributed by atoms with Crippen molar-refractivity contribution in [3.05, 3.63) is 56.0 Å². The average Bonchev–Trinajstić information content (AvgIpc) is 2.49. The van der Waals surface area contributed by atoms with Crippen molar-refractivity contribution in [3.8, 4) is 11.5 Å². The zero-order valence-electron chi connectivity index (χ0n) is 13.3. The van der Waals surface area contributed by atoms with Gasteiger partial charge in [-0.05, 0) is 61.7 Å². The van der Waals surface area contributed by atoms with Crippen molar-refractivity contribution in [1.82, 2.24) is 0 Å². The fraction of sp³-hybridized carbons (Fsp3) is 0.278. The number of hydrogen-bond acceptors (Lipinski definition) is 3. The van der Waals surface area contributed by atoms with Crippen molar-refractivity contribution in [3.63, 3.8) is 0 Å². The highest BCUT2D eigenvalue weighted by atomic mass is 79.9. The van der Waals surface area contributed by atoms with Crippen LogP contribution in [0.5, 0.6) is 11.5 Å². The highest BCUT2D eigenvalue weighted by Gasteiger charge is 2.18. The van der Waals surface area contributed by atoms with Crippen LogP contribution in [0, 0.1) is 13.8 Å². The van der Waals surface area contributed by atoms with Crippen LogP contribution in [0.25, 0.3) is 0 Å². The number of ether oxygens (including phenoxy) is 2. The second-order valence-electron chi connectivity index (χ2n) is 5.25. The van der Waals surface area contributed by atoms with E-state index < -0.39 is 5.97 Å². The first-order valence-electron chi connectivity index (χ1n) is 7.33. The zero-order chi connectivity index (χ0) is 17.0. The van der Waals surface area contributed by atoms with Gasteiger partial charge in [0.25, 0.3) is 0 Å². The maximum Gasteiger partial charge on any atom is 0.347 e. The lowest BCUT2D eigenvalue weighted by Gasteiger charge is -2.14. The number of halogens is 2. The molecule has 5 heteroatoms. The normalized spacial score (nSPS) is 10.5. The van der Waals surface area contributed by atoms with Crippen LogP contribution < -0.4 is 9.47 Å². The molecule has 0 aliphatic rings. The highest BCUT2D eigenvalue weighted by Crippen LogP contribution is 2.30. The Hall–Kier alpha value is -1.33. The third-order valence-electron chi connectivity index (χ3n) is 3.24. The summed E-state index contributed by atoms with van der Waals surface area (Å²) in [5.74, 6) is 0.693. The van der Waals surface area contributed by atoms with Gasteiger partial charge in [0, 0.05) is 8.95 Å². The van der Waals surface area contributed by atoms with E-state index in [0.29, 0.717) is 23.7 Å². The summed E-state index contributed by atoms with van der Waals surface area (Å²) in [4.78, 5) is 12.6. The molecule has 0 radical (unpaired) electrons. The number of carbonyl (C=O) groups excluding carboxylic acids is 1. The molecule has 0 atom stereocenters. The predicted octanol–water partition coefficient (Wildman–Crippen LogP) is 5.84. The van der Waals surface area contributed by atoms with E-state index in [2.05, 4.69) is 31.9 Å². The van der Waals surface area contributed by atoms with E-state index in [1.54, 1.807) is 12.1 Å². The second-order valence-corrected chi connectivity index (χ2v) is 7.08. The van der Waals surface area contributed by atoms with E-state index >= 15 is 0 Å². The molecule has 0 spiro atoms. The summed E-state index contributed by atoms with van der Waals surface area (Å²) in [6, 6.07) is 9.18. The van der Waals surface area contributed by atoms with Gasteiger partial charge >= 0.3 is 5.97 Å². The van der Waals surface area contributed by atoms with E-state index in [0.717, 1.165) is 26.5 Å². The zero-order valence-corrected chi connectivity index (χ0v) is 16.5. The quantitative estimate of drug-likeness (QED) is 0.432. The lowest BCUT2D eigenvalue weighted by Crippen LogP contribution is -2.12. The van der Waals surface area contributed by atoms with E-state index in [4.69, 9.17) is 9.47 Å². The van der Waals surface area contributed by atoms with Crippen LogP contribution >= 0.6 is 31.9 Å². The summed E-state index contributed by atoms with van der Waals surface area (Å²) >= 11 is 6.83. The van der Waals surface area contributed by atoms with Crippen molar-refractivity contribution < 1.29 is 14.3 Å². The maximum atomic E-state index is 12.6. The second kappa shape index (κ2) is 7.97. The third-order valence-corrected chi connectivity index (χ3v) is 4.19. The van der Waals surface area contributed by atoms with Crippen molar-refractivity contribution >= 4 is 37.8 Å². The van der Waals surface area contributed by atoms with Crippen LogP contribution in [-0.2, 0) is 0 Å². The largest absolute Gasteiger partial charge is 0.493 e. The highest BCUT2D eigenvalue weighted by molar-refractivity contribution is 9.10. The van der Waals surface area contributed by atoms with E-state index in [1.165, 1.54) is 0 Å². The molecular weight excluding hydrogens is 424 g/mol. The monoisotopic (exact) mass is 440 g/mol. The van der Waals surface area contributed by atoms with Gasteiger partial charge in [0.1, 0.15) is 17.1 Å². The SMILES string of the molecule is CCCOc1ccc(Br)cc1C(=O)Oc1c(C)cc(Br)cc1C. The van der Waals surface area contributed by atoms with E-state index in [1.807, 2.05) is 39.0 Å². The minimum atomic E-state index is -0.425. The predicted molar refractivity (Wildman–Crippen MR) is 98.5 cm³/mol. The van der Waals surface area contributed by atoms with Gasteiger partial charge in [0.05, 0.1) is 6.61 Å². The van der Waals surface area contributed by atoms with Gasteiger partial charge in [-0.1, -0.05) is 38.8 Å². The molecule has 0 N–H and O–H groups in total. The number of carbonyl (C=O) groups is 1. The molecule has 122 valence electrons. The summed E-state index contributed by atoms with van der Waals surface area (Å²) in [6.45, 7) is 6.40. The van der Waals surface area contributed by atoms with Crippen molar-refractivity contribution in [2.45, 2.75) is 27.2 Å². The molecule has 0 aromatic heterocycles. The molecule has 0 bridgehead atoms. The number of esters is 1. The van der Waals surface area contributed by atoms with Gasteiger partial charge in [-0.25, -0.2) is 4.79 Å². The molecule has 23 heavy (non-hydrogen) atoms. The fourth-order valence-electron chi connectivity index (χ4n) is 2.21. The Kier molecular flexibility index (Phi) is 6.25. The molecule has 3 nitrogen and oxygen atoms in total. The maximum absolute atomic E-state index is 12.6. The molecule has 0 aliphatic carbocycles. The van der Waals surface area contributed by atoms with Crippen molar-refractivity contribution in [1.29, 1.82) is 0 Å². The van der Waals surface area contributed by atoms with Crippen LogP contribution in [0.3, 0.4) is 0 Å². The van der Waals surface area contributed by atoms with Crippen LogP contribution in [0.15, 0.2) is 39.3 Å². The summed E-state index contributed by atoms with van der Waals surface area (Å²) in [5, 5.41) is 0. The van der Waals surface area contributed by atoms with Gasteiger partial charge in [-0.2, -0.15) is 0 Å². The molecule has 2 aromatic carbocycles. The van der Waals surface area contributed by atoms with Gasteiger partial charge < -0.3 is 9.47 Å². The van der Waals surface area contributed by atoms with Crippen LogP contribution in [0.1, 0.15) is 34.8 Å². The van der Waals surface area contributed by atoms with Crippen LogP contribution in [0.2, 0.25) is 0 Å². The first kappa shape index (κ1) is 18.0. The average molecular weight is 442 g/mol. The van der Waals surface area contributed by atoms with Crippen molar-refractivity contribution in [2.75, 3.05) is 6.61 Å². The molecule has 2 rings (SSSR count). The molecule has 0 heterocycles. The van der Waals surface area contributed by atoms with Gasteiger partial charge in [0.15, 0.2) is 0 Å². The lowest BCUT2D eigenvalue weighted by molar-refractivity contribution is 0.0727. The lowest BCUT2D eigenvalue weighted by atomic mass is 10.1. The Morgan fingerprint density at radius 3 is 2.30 bits per heavy atom. The minimum absolute atomic E-state index is 0.412. The first-order chi connectivity index (χ1) is 10.9. The Balaban J connectivity index is 2.32. The Morgan fingerprint density at radius 1 is 1.04 bits per heavy atom. The Bertz CT molecular complexity index is 703. The molecule has 2 aromatic rings. The van der Waals surface area contributed by atoms with E-state index in [-0.39, 0.29) is 0 Å². The third kappa shape index (κ3) is 4.58. The molecule has 0 saturated heterocycles. The summed E-state index contributed by atoms with van der Waals surface area (Å²) in [7, 11) is 0. The first-order valence-corrected chi connectivity index (χ1v) is 8.92. The van der Waals surface area contributed by atoms with Gasteiger partial charge in [0.2, 0.25) is 0 Å². The van der Waals surface area contributed by atoms with Gasteiger partial charge in [-0.3, -0.25) is 0 Å². The summed E-state index contributed by atoms with van der Waals surface area (Å²) in [6.07, 6.45) is 0.871. The molecule has 0 fully saturated rings. The number of aryl methyl sites for hydroxylation is 2. The minimum Gasteiger partial charge on any atom is -0.493 e. The molecule has 0 amide bonds. The number of benzene rings is 2. The fourth-order valence-corrected chi connectivity index (χ4v) is 3.25. The number of hydrogen-bond donors (Lipinski definition) is 0. The molecular formula is C18H18Br2O3. The van der Waals surface area contributed by atoms with Gasteiger partial charge in [-0.15, -0.1) is 0 Å². The summed E-state index contributed by atoms with van der Waals surface area (Å²) in [5.41, 5.74) is 2.21. The summed E-state index contributed by atoms with van der Waals surface area (Å²) < 4.78 is 13.0. The molecule has 0 aliphatic heterocycles. The number of rotatable bonds is 5. The molecule has 0 saturated carbocycles. The van der Waals surface area contributed by atoms with E-state index in [9.17, 15) is 4.79 Å². The topological polar surface area (TPSA) is 35.5 Å². The van der Waals surface area contributed by atoms with Crippen molar-refractivity contribution in [2.24, 2.45) is 0 Å². The smallest absolute Gasteiger partial charge is 0.347 e.